The van der Waals surface area contributed by atoms with Gasteiger partial charge in [0.2, 0.25) is 0 Å². The number of carbonyl (C=O) groups is 2. The summed E-state index contributed by atoms with van der Waals surface area (Å²) in [7, 11) is 0. The Hall–Kier alpha value is -2.80. The minimum absolute atomic E-state index is 0.213. The van der Waals surface area contributed by atoms with Gasteiger partial charge in [-0.3, -0.25) is 9.59 Å². The van der Waals surface area contributed by atoms with Gasteiger partial charge in [0.05, 0.1) is 5.69 Å². The van der Waals surface area contributed by atoms with E-state index in [1.165, 1.54) is 6.92 Å². The molecule has 0 spiro atoms. The van der Waals surface area contributed by atoms with Crippen molar-refractivity contribution < 1.29 is 23.1 Å². The summed E-state index contributed by atoms with van der Waals surface area (Å²) in [5.74, 6) is -3.03. The topological polar surface area (TPSA) is 67.4 Å². The molecule has 5 nitrogen and oxygen atoms in total. The Morgan fingerprint density at radius 1 is 1.00 bits per heavy atom. The van der Waals surface area contributed by atoms with Crippen LogP contribution in [0.25, 0.3) is 0 Å². The predicted molar refractivity (Wildman–Crippen MR) is 99.6 cm³/mol. The van der Waals surface area contributed by atoms with Gasteiger partial charge in [-0.25, -0.2) is 8.78 Å². The first-order valence-electron chi connectivity index (χ1n) is 8.56. The minimum Gasteiger partial charge on any atom is -0.368 e. The first-order chi connectivity index (χ1) is 12.8. The molecule has 1 unspecified atom stereocenters. The number of carbonyl (C=O) groups excluding carboxylic acids is 2. The summed E-state index contributed by atoms with van der Waals surface area (Å²) in [6, 6.07) is 10.3. The number of hydrogen-bond donors (Lipinski definition) is 2. The normalized spacial score (nSPS) is 11.9. The first kappa shape index (κ1) is 20.5. The number of halogens is 2. The summed E-state index contributed by atoms with van der Waals surface area (Å²) in [4.78, 5) is 24.3. The van der Waals surface area contributed by atoms with Gasteiger partial charge in [-0.2, -0.15) is 0 Å². The Kier molecular flexibility index (Phi) is 7.01. The molecule has 1 atom stereocenters. The molecule has 2 rings (SSSR count). The van der Waals surface area contributed by atoms with Crippen LogP contribution in [0.5, 0.6) is 0 Å². The third-order valence-electron chi connectivity index (χ3n) is 3.67. The zero-order valence-corrected chi connectivity index (χ0v) is 15.4. The van der Waals surface area contributed by atoms with Gasteiger partial charge in [0, 0.05) is 12.2 Å². The number of amides is 2. The van der Waals surface area contributed by atoms with E-state index in [2.05, 4.69) is 10.6 Å². The van der Waals surface area contributed by atoms with Gasteiger partial charge in [0.25, 0.3) is 11.8 Å². The predicted octanol–water partition coefficient (Wildman–Crippen LogP) is 4.22. The summed E-state index contributed by atoms with van der Waals surface area (Å²) in [6.07, 6.45) is -0.881. The molecule has 0 saturated carbocycles. The molecule has 0 heterocycles. The van der Waals surface area contributed by atoms with Gasteiger partial charge in [-0.05, 0) is 37.1 Å². The lowest BCUT2D eigenvalue weighted by Crippen LogP contribution is -2.29. The second-order valence-corrected chi connectivity index (χ2v) is 6.46. The van der Waals surface area contributed by atoms with Crippen LogP contribution >= 0.6 is 0 Å². The van der Waals surface area contributed by atoms with Crippen molar-refractivity contribution in [3.8, 4) is 0 Å². The van der Waals surface area contributed by atoms with E-state index in [1.807, 2.05) is 13.8 Å². The molecule has 0 saturated heterocycles. The SMILES string of the molecule is CC(C)COC(C)C(=O)Nc1c(F)ccc(NC(=O)c2ccccc2)c1F. The number of ether oxygens (including phenoxy) is 1. The van der Waals surface area contributed by atoms with Crippen molar-refractivity contribution in [2.75, 3.05) is 17.2 Å². The smallest absolute Gasteiger partial charge is 0.255 e. The molecule has 0 aliphatic rings. The van der Waals surface area contributed by atoms with Crippen LogP contribution in [-0.2, 0) is 9.53 Å². The van der Waals surface area contributed by atoms with E-state index >= 15 is 0 Å². The highest BCUT2D eigenvalue weighted by molar-refractivity contribution is 6.05. The molecule has 2 aromatic rings. The highest BCUT2D eigenvalue weighted by Gasteiger charge is 2.21. The third kappa shape index (κ3) is 5.59. The largest absolute Gasteiger partial charge is 0.368 e. The quantitative estimate of drug-likeness (QED) is 0.760. The van der Waals surface area contributed by atoms with Crippen molar-refractivity contribution in [1.29, 1.82) is 0 Å². The van der Waals surface area contributed by atoms with Crippen LogP contribution in [0.4, 0.5) is 20.2 Å². The fourth-order valence-electron chi connectivity index (χ4n) is 2.18. The van der Waals surface area contributed by atoms with Crippen molar-refractivity contribution >= 4 is 23.2 Å². The van der Waals surface area contributed by atoms with Gasteiger partial charge in [0.1, 0.15) is 17.6 Å². The van der Waals surface area contributed by atoms with Gasteiger partial charge >= 0.3 is 0 Å². The molecule has 0 aromatic heterocycles. The standard InChI is InChI=1S/C20H22F2N2O3/c1-12(2)11-27-13(3)19(25)24-18-15(21)9-10-16(17(18)22)23-20(26)14-7-5-4-6-8-14/h4-10,12-13H,11H2,1-3H3,(H,23,26)(H,24,25). The van der Waals surface area contributed by atoms with E-state index in [9.17, 15) is 18.4 Å². The van der Waals surface area contributed by atoms with Crippen LogP contribution in [-0.4, -0.2) is 24.5 Å². The van der Waals surface area contributed by atoms with E-state index < -0.39 is 35.2 Å². The summed E-state index contributed by atoms with van der Waals surface area (Å²) in [6.45, 7) is 5.67. The van der Waals surface area contributed by atoms with Crippen molar-refractivity contribution in [3.63, 3.8) is 0 Å². The molecule has 0 fully saturated rings. The Bertz CT molecular complexity index is 810. The van der Waals surface area contributed by atoms with Crippen LogP contribution in [0.15, 0.2) is 42.5 Å². The maximum Gasteiger partial charge on any atom is 0.255 e. The molecular weight excluding hydrogens is 354 g/mol. The zero-order valence-electron chi connectivity index (χ0n) is 15.4. The molecule has 27 heavy (non-hydrogen) atoms. The maximum absolute atomic E-state index is 14.6. The van der Waals surface area contributed by atoms with E-state index in [0.717, 1.165) is 12.1 Å². The average molecular weight is 376 g/mol. The summed E-state index contributed by atoms with van der Waals surface area (Å²) in [5, 5.41) is 4.56. The number of hydrogen-bond acceptors (Lipinski definition) is 3. The fourth-order valence-corrected chi connectivity index (χ4v) is 2.18. The Labute approximate surface area is 156 Å². The van der Waals surface area contributed by atoms with Gasteiger partial charge in [0.15, 0.2) is 5.82 Å². The molecule has 2 aromatic carbocycles. The first-order valence-corrected chi connectivity index (χ1v) is 8.56. The second kappa shape index (κ2) is 9.23. The molecule has 0 aliphatic heterocycles. The molecule has 7 heteroatoms. The van der Waals surface area contributed by atoms with Crippen LogP contribution in [0, 0.1) is 17.6 Å². The Balaban J connectivity index is 2.15. The molecule has 0 radical (unpaired) electrons. The summed E-state index contributed by atoms with van der Waals surface area (Å²) < 4.78 is 34.0. The minimum atomic E-state index is -1.07. The van der Waals surface area contributed by atoms with Crippen molar-refractivity contribution in [2.24, 2.45) is 5.92 Å². The van der Waals surface area contributed by atoms with Crippen LogP contribution in [0.2, 0.25) is 0 Å². The second-order valence-electron chi connectivity index (χ2n) is 6.46. The Morgan fingerprint density at radius 3 is 2.30 bits per heavy atom. The fraction of sp³-hybridized carbons (Fsp3) is 0.300. The molecule has 0 bridgehead atoms. The number of nitrogens with one attached hydrogen (secondary N) is 2. The van der Waals surface area contributed by atoms with Crippen molar-refractivity contribution in [2.45, 2.75) is 26.9 Å². The highest BCUT2D eigenvalue weighted by Crippen LogP contribution is 2.26. The van der Waals surface area contributed by atoms with Crippen LogP contribution in [0.1, 0.15) is 31.1 Å². The zero-order chi connectivity index (χ0) is 20.0. The number of anilines is 2. The third-order valence-corrected chi connectivity index (χ3v) is 3.67. The van der Waals surface area contributed by atoms with E-state index in [1.54, 1.807) is 30.3 Å². The Morgan fingerprint density at radius 2 is 1.67 bits per heavy atom. The van der Waals surface area contributed by atoms with E-state index in [-0.39, 0.29) is 11.6 Å². The van der Waals surface area contributed by atoms with Gasteiger partial charge in [-0.1, -0.05) is 32.0 Å². The number of rotatable bonds is 7. The van der Waals surface area contributed by atoms with Gasteiger partial charge < -0.3 is 15.4 Å². The summed E-state index contributed by atoms with van der Waals surface area (Å²) in [5.41, 5.74) is -0.551. The van der Waals surface area contributed by atoms with Crippen LogP contribution in [0.3, 0.4) is 0 Å². The lowest BCUT2D eigenvalue weighted by atomic mass is 10.2. The van der Waals surface area contributed by atoms with Crippen molar-refractivity contribution in [1.82, 2.24) is 0 Å². The van der Waals surface area contributed by atoms with Crippen molar-refractivity contribution in [3.05, 3.63) is 59.7 Å². The van der Waals surface area contributed by atoms with E-state index in [4.69, 9.17) is 4.74 Å². The van der Waals surface area contributed by atoms with Crippen LogP contribution < -0.4 is 10.6 Å². The lowest BCUT2D eigenvalue weighted by molar-refractivity contribution is -0.127. The number of benzene rings is 2. The molecular formula is C20H22F2N2O3. The lowest BCUT2D eigenvalue weighted by Gasteiger charge is -2.16. The molecule has 144 valence electrons. The monoisotopic (exact) mass is 376 g/mol. The van der Waals surface area contributed by atoms with E-state index in [0.29, 0.717) is 12.2 Å². The molecule has 2 amide bonds. The average Bonchev–Trinajstić information content (AvgIpc) is 2.65. The maximum atomic E-state index is 14.6. The highest BCUT2D eigenvalue weighted by atomic mass is 19.1. The molecule has 0 aliphatic carbocycles. The molecule has 2 N–H and O–H groups in total. The van der Waals surface area contributed by atoms with Gasteiger partial charge in [-0.15, -0.1) is 0 Å². The summed E-state index contributed by atoms with van der Waals surface area (Å²) >= 11 is 0.